The van der Waals surface area contributed by atoms with Crippen LogP contribution in [0.15, 0.2) is 52.2 Å². The summed E-state index contributed by atoms with van der Waals surface area (Å²) in [6.45, 7) is 6.80. The number of carbonyl (C=O) groups is 1. The number of aryl methyl sites for hydroxylation is 1. The van der Waals surface area contributed by atoms with Gasteiger partial charge in [-0.3, -0.25) is 9.36 Å². The first-order valence-electron chi connectivity index (χ1n) is 9.92. The highest BCUT2D eigenvalue weighted by Crippen LogP contribution is 2.27. The van der Waals surface area contributed by atoms with Gasteiger partial charge in [0.15, 0.2) is 5.16 Å². The second-order valence-electron chi connectivity index (χ2n) is 7.15. The number of rotatable bonds is 7. The number of thioether (sulfide) groups is 1. The van der Waals surface area contributed by atoms with Crippen LogP contribution in [0, 0.1) is 6.92 Å². The average Bonchev–Trinajstić information content (AvgIpc) is 3.44. The van der Waals surface area contributed by atoms with Crippen LogP contribution in [-0.2, 0) is 9.53 Å². The number of hydrogen-bond acceptors (Lipinski definition) is 7. The summed E-state index contributed by atoms with van der Waals surface area (Å²) in [5.41, 5.74) is 2.15. The minimum absolute atomic E-state index is 0.0877. The number of anilines is 1. The maximum atomic E-state index is 12.5. The number of hydrogen-bond donors (Lipinski definition) is 1. The highest BCUT2D eigenvalue weighted by Gasteiger charge is 2.22. The van der Waals surface area contributed by atoms with Crippen molar-refractivity contribution in [2.24, 2.45) is 0 Å². The molecule has 2 aromatic heterocycles. The SMILES string of the molecule is Cc1ccc(-n2c(SCC(=O)NC(C)c3ccco3)nnc2N2CCOCC2)cc1. The van der Waals surface area contributed by atoms with Crippen LogP contribution < -0.4 is 10.2 Å². The molecule has 1 amide bonds. The van der Waals surface area contributed by atoms with Crippen LogP contribution in [0.1, 0.15) is 24.3 Å². The van der Waals surface area contributed by atoms with Gasteiger partial charge in [0.05, 0.1) is 37.0 Å². The Kier molecular flexibility index (Phi) is 6.39. The van der Waals surface area contributed by atoms with E-state index >= 15 is 0 Å². The third-order valence-electron chi connectivity index (χ3n) is 4.88. The van der Waals surface area contributed by atoms with Gasteiger partial charge in [-0.1, -0.05) is 29.5 Å². The zero-order valence-corrected chi connectivity index (χ0v) is 17.9. The zero-order valence-electron chi connectivity index (χ0n) is 17.1. The number of benzene rings is 1. The Balaban J connectivity index is 1.51. The van der Waals surface area contributed by atoms with Crippen LogP contribution in [0.2, 0.25) is 0 Å². The van der Waals surface area contributed by atoms with E-state index in [0.717, 1.165) is 30.5 Å². The van der Waals surface area contributed by atoms with Crippen molar-refractivity contribution < 1.29 is 13.9 Å². The lowest BCUT2D eigenvalue weighted by Gasteiger charge is -2.28. The Morgan fingerprint density at radius 1 is 1.20 bits per heavy atom. The second kappa shape index (κ2) is 9.36. The first kappa shape index (κ1) is 20.5. The molecule has 1 N–H and O–H groups in total. The minimum atomic E-state index is -0.188. The van der Waals surface area contributed by atoms with E-state index in [2.05, 4.69) is 39.5 Å². The summed E-state index contributed by atoms with van der Waals surface area (Å²) in [5, 5.41) is 12.5. The van der Waals surface area contributed by atoms with E-state index in [-0.39, 0.29) is 17.7 Å². The largest absolute Gasteiger partial charge is 0.467 e. The maximum Gasteiger partial charge on any atom is 0.232 e. The fraction of sp³-hybridized carbons (Fsp3) is 0.381. The summed E-state index contributed by atoms with van der Waals surface area (Å²) in [6.07, 6.45) is 1.60. The highest BCUT2D eigenvalue weighted by molar-refractivity contribution is 7.99. The van der Waals surface area contributed by atoms with Gasteiger partial charge in [-0.2, -0.15) is 0 Å². The van der Waals surface area contributed by atoms with Gasteiger partial charge < -0.3 is 19.4 Å². The molecule has 8 nitrogen and oxygen atoms in total. The molecule has 158 valence electrons. The lowest BCUT2D eigenvalue weighted by Crippen LogP contribution is -2.37. The minimum Gasteiger partial charge on any atom is -0.467 e. The molecule has 4 rings (SSSR count). The quantitative estimate of drug-likeness (QED) is 0.580. The van der Waals surface area contributed by atoms with Crippen LogP contribution in [0.25, 0.3) is 5.69 Å². The lowest BCUT2D eigenvalue weighted by molar-refractivity contribution is -0.119. The predicted molar refractivity (Wildman–Crippen MR) is 115 cm³/mol. The van der Waals surface area contributed by atoms with Crippen LogP contribution >= 0.6 is 11.8 Å². The van der Waals surface area contributed by atoms with Crippen molar-refractivity contribution in [3.8, 4) is 5.69 Å². The van der Waals surface area contributed by atoms with Crippen molar-refractivity contribution in [3.05, 3.63) is 54.0 Å². The van der Waals surface area contributed by atoms with Crippen molar-refractivity contribution in [3.63, 3.8) is 0 Å². The number of aromatic nitrogens is 3. The lowest BCUT2D eigenvalue weighted by atomic mass is 10.2. The summed E-state index contributed by atoms with van der Waals surface area (Å²) in [7, 11) is 0. The average molecular weight is 428 g/mol. The Morgan fingerprint density at radius 3 is 2.67 bits per heavy atom. The highest BCUT2D eigenvalue weighted by atomic mass is 32.2. The van der Waals surface area contributed by atoms with Crippen molar-refractivity contribution >= 4 is 23.6 Å². The van der Waals surface area contributed by atoms with Gasteiger partial charge in [-0.05, 0) is 38.1 Å². The monoisotopic (exact) mass is 427 g/mol. The van der Waals surface area contributed by atoms with Gasteiger partial charge in [0, 0.05) is 13.1 Å². The van der Waals surface area contributed by atoms with E-state index in [1.807, 2.05) is 35.8 Å². The molecule has 0 bridgehead atoms. The normalized spacial score (nSPS) is 15.2. The summed E-state index contributed by atoms with van der Waals surface area (Å²) in [5.74, 6) is 1.65. The number of morpholine rings is 1. The molecule has 3 heterocycles. The second-order valence-corrected chi connectivity index (χ2v) is 8.09. The number of carbonyl (C=O) groups excluding carboxylic acids is 1. The van der Waals surface area contributed by atoms with Gasteiger partial charge in [-0.15, -0.1) is 10.2 Å². The molecule has 9 heteroatoms. The van der Waals surface area contributed by atoms with Crippen LogP contribution in [0.5, 0.6) is 0 Å². The third kappa shape index (κ3) is 4.68. The topological polar surface area (TPSA) is 85.4 Å². The predicted octanol–water partition coefficient (Wildman–Crippen LogP) is 2.97. The summed E-state index contributed by atoms with van der Waals surface area (Å²) >= 11 is 1.37. The van der Waals surface area contributed by atoms with Gasteiger partial charge in [0.1, 0.15) is 5.76 Å². The Hall–Kier alpha value is -2.78. The maximum absolute atomic E-state index is 12.5. The summed E-state index contributed by atoms with van der Waals surface area (Å²) in [6, 6.07) is 11.7. The number of nitrogens with zero attached hydrogens (tertiary/aromatic N) is 4. The van der Waals surface area contributed by atoms with E-state index < -0.39 is 0 Å². The third-order valence-corrected chi connectivity index (χ3v) is 5.81. The van der Waals surface area contributed by atoms with Gasteiger partial charge in [0.25, 0.3) is 0 Å². The molecule has 0 spiro atoms. The molecule has 1 unspecified atom stereocenters. The molecule has 1 fully saturated rings. The van der Waals surface area contributed by atoms with Crippen molar-refractivity contribution in [1.29, 1.82) is 0 Å². The molecule has 30 heavy (non-hydrogen) atoms. The van der Waals surface area contributed by atoms with E-state index in [4.69, 9.17) is 9.15 Å². The van der Waals surface area contributed by atoms with Crippen LogP contribution in [0.4, 0.5) is 5.95 Å². The smallest absolute Gasteiger partial charge is 0.232 e. The number of ether oxygens (including phenoxy) is 1. The molecule has 0 saturated carbocycles. The van der Waals surface area contributed by atoms with Crippen molar-refractivity contribution in [2.45, 2.75) is 25.0 Å². The summed E-state index contributed by atoms with van der Waals surface area (Å²) in [4.78, 5) is 14.6. The van der Waals surface area contributed by atoms with Crippen molar-refractivity contribution in [1.82, 2.24) is 20.1 Å². The first-order chi connectivity index (χ1) is 14.6. The molecule has 3 aromatic rings. The Morgan fingerprint density at radius 2 is 1.97 bits per heavy atom. The molecule has 1 saturated heterocycles. The fourth-order valence-corrected chi connectivity index (χ4v) is 4.02. The number of nitrogens with one attached hydrogen (secondary N) is 1. The van der Waals surface area contributed by atoms with E-state index in [1.54, 1.807) is 6.26 Å². The van der Waals surface area contributed by atoms with Crippen molar-refractivity contribution in [2.75, 3.05) is 37.0 Å². The Bertz CT molecular complexity index is 965. The standard InChI is InChI=1S/C21H25N5O3S/c1-15-5-7-17(8-6-15)26-20(25-9-12-28-13-10-25)23-24-21(26)30-14-19(27)22-16(2)18-4-3-11-29-18/h3-8,11,16H,9-10,12-14H2,1-2H3,(H,22,27). The number of furan rings is 1. The van der Waals surface area contributed by atoms with E-state index in [0.29, 0.717) is 18.4 Å². The Labute approximate surface area is 179 Å². The molecule has 0 aliphatic carbocycles. The van der Waals surface area contributed by atoms with E-state index in [9.17, 15) is 4.79 Å². The molecule has 1 aliphatic rings. The molecule has 0 radical (unpaired) electrons. The summed E-state index contributed by atoms with van der Waals surface area (Å²) < 4.78 is 12.8. The van der Waals surface area contributed by atoms with Gasteiger partial charge >= 0.3 is 0 Å². The number of amides is 1. The molecular weight excluding hydrogens is 402 g/mol. The molecular formula is C21H25N5O3S. The molecule has 1 aromatic carbocycles. The first-order valence-corrected chi connectivity index (χ1v) is 10.9. The van der Waals surface area contributed by atoms with Gasteiger partial charge in [0.2, 0.25) is 11.9 Å². The van der Waals surface area contributed by atoms with Gasteiger partial charge in [-0.25, -0.2) is 0 Å². The van der Waals surface area contributed by atoms with Crippen LogP contribution in [0.3, 0.4) is 0 Å². The molecule has 1 aliphatic heterocycles. The zero-order chi connectivity index (χ0) is 20.9. The molecule has 1 atom stereocenters. The van der Waals surface area contributed by atoms with E-state index in [1.165, 1.54) is 17.3 Å². The van der Waals surface area contributed by atoms with Crippen LogP contribution in [-0.4, -0.2) is 52.7 Å². The fourth-order valence-electron chi connectivity index (χ4n) is 3.27.